The fourth-order valence-electron chi connectivity index (χ4n) is 1.51. The highest BCUT2D eigenvalue weighted by Crippen LogP contribution is 2.28. The van der Waals surface area contributed by atoms with Crippen molar-refractivity contribution in [3.63, 3.8) is 0 Å². The topological polar surface area (TPSA) is 30.5 Å². The molecule has 3 heteroatoms. The zero-order chi connectivity index (χ0) is 13.4. The van der Waals surface area contributed by atoms with Gasteiger partial charge in [-0.05, 0) is 44.2 Å². The summed E-state index contributed by atoms with van der Waals surface area (Å²) in [6, 6.07) is 6.04. The van der Waals surface area contributed by atoms with Crippen molar-refractivity contribution in [1.82, 2.24) is 5.32 Å². The van der Waals surface area contributed by atoms with E-state index in [4.69, 9.17) is 9.47 Å². The second-order valence-corrected chi connectivity index (χ2v) is 4.36. The van der Waals surface area contributed by atoms with Crippen molar-refractivity contribution in [3.05, 3.63) is 35.4 Å². The van der Waals surface area contributed by atoms with E-state index in [1.165, 1.54) is 11.1 Å². The Kier molecular flexibility index (Phi) is 6.29. The lowest BCUT2D eigenvalue weighted by atomic mass is 10.2. The quantitative estimate of drug-likeness (QED) is 0.753. The molecule has 3 nitrogen and oxygen atoms in total. The zero-order valence-electron chi connectivity index (χ0n) is 11.7. The molecule has 0 spiro atoms. The summed E-state index contributed by atoms with van der Waals surface area (Å²) in [6.07, 6.45) is 2.05. The fraction of sp³-hybridized carbons (Fsp3) is 0.467. The molecule has 0 saturated carbocycles. The second-order valence-electron chi connectivity index (χ2n) is 4.36. The normalized spacial score (nSPS) is 10.0. The van der Waals surface area contributed by atoms with Gasteiger partial charge in [-0.15, -0.1) is 0 Å². The van der Waals surface area contributed by atoms with Gasteiger partial charge in [0.1, 0.15) is 6.61 Å². The second kappa shape index (κ2) is 7.77. The van der Waals surface area contributed by atoms with Gasteiger partial charge in [0.2, 0.25) is 0 Å². The lowest BCUT2D eigenvalue weighted by molar-refractivity contribution is 0.325. The van der Waals surface area contributed by atoms with E-state index >= 15 is 0 Å². The maximum Gasteiger partial charge on any atom is 0.161 e. The van der Waals surface area contributed by atoms with E-state index in [1.54, 1.807) is 7.11 Å². The molecule has 0 bridgehead atoms. The van der Waals surface area contributed by atoms with Gasteiger partial charge in [-0.3, -0.25) is 0 Å². The van der Waals surface area contributed by atoms with Crippen molar-refractivity contribution < 1.29 is 9.47 Å². The minimum atomic E-state index is 0.575. The average molecular weight is 249 g/mol. The van der Waals surface area contributed by atoms with Crippen LogP contribution in [0.3, 0.4) is 0 Å². The fourth-order valence-corrected chi connectivity index (χ4v) is 1.51. The van der Waals surface area contributed by atoms with Crippen LogP contribution >= 0.6 is 0 Å². The molecule has 18 heavy (non-hydrogen) atoms. The van der Waals surface area contributed by atoms with Crippen LogP contribution in [-0.4, -0.2) is 20.3 Å². The summed E-state index contributed by atoms with van der Waals surface area (Å²) < 4.78 is 11.0. The van der Waals surface area contributed by atoms with Gasteiger partial charge in [0, 0.05) is 6.54 Å². The van der Waals surface area contributed by atoms with Crippen LogP contribution in [0.1, 0.15) is 26.3 Å². The molecule has 0 radical (unpaired) electrons. The van der Waals surface area contributed by atoms with Crippen LogP contribution in [0.15, 0.2) is 29.8 Å². The number of benzene rings is 1. The molecule has 0 unspecified atom stereocenters. The first-order valence-electron chi connectivity index (χ1n) is 6.31. The minimum absolute atomic E-state index is 0.575. The first-order chi connectivity index (χ1) is 8.67. The van der Waals surface area contributed by atoms with Crippen molar-refractivity contribution in [2.75, 3.05) is 20.3 Å². The van der Waals surface area contributed by atoms with E-state index in [2.05, 4.69) is 32.2 Å². The first kappa shape index (κ1) is 14.6. The van der Waals surface area contributed by atoms with Gasteiger partial charge >= 0.3 is 0 Å². The van der Waals surface area contributed by atoms with Gasteiger partial charge in [0.25, 0.3) is 0 Å². The van der Waals surface area contributed by atoms with Gasteiger partial charge in [-0.25, -0.2) is 0 Å². The Morgan fingerprint density at radius 1 is 1.28 bits per heavy atom. The SMILES string of the molecule is CCNCc1ccc(OCC=C(C)C)c(OC)c1. The van der Waals surface area contributed by atoms with Crippen molar-refractivity contribution in [3.8, 4) is 11.5 Å². The molecule has 0 heterocycles. The van der Waals surface area contributed by atoms with Crippen molar-refractivity contribution in [2.45, 2.75) is 27.3 Å². The van der Waals surface area contributed by atoms with Crippen LogP contribution in [0.4, 0.5) is 0 Å². The summed E-state index contributed by atoms with van der Waals surface area (Å²) >= 11 is 0. The van der Waals surface area contributed by atoms with E-state index in [-0.39, 0.29) is 0 Å². The summed E-state index contributed by atoms with van der Waals surface area (Å²) in [4.78, 5) is 0. The molecule has 0 atom stereocenters. The van der Waals surface area contributed by atoms with E-state index in [1.807, 2.05) is 18.2 Å². The molecule has 0 aromatic heterocycles. The van der Waals surface area contributed by atoms with Crippen LogP contribution in [-0.2, 0) is 6.54 Å². The molecule has 100 valence electrons. The summed E-state index contributed by atoms with van der Waals surface area (Å²) in [5.41, 5.74) is 2.45. The number of hydrogen-bond acceptors (Lipinski definition) is 3. The maximum atomic E-state index is 5.68. The highest BCUT2D eigenvalue weighted by atomic mass is 16.5. The molecule has 1 N–H and O–H groups in total. The third kappa shape index (κ3) is 4.80. The Bertz CT molecular complexity index is 395. The molecule has 0 amide bonds. The Hall–Kier alpha value is -1.48. The summed E-state index contributed by atoms with van der Waals surface area (Å²) in [5.74, 6) is 1.57. The van der Waals surface area contributed by atoms with Gasteiger partial charge in [0.15, 0.2) is 11.5 Å². The predicted molar refractivity (Wildman–Crippen MR) is 75.3 cm³/mol. The molecule has 0 aliphatic rings. The molecule has 0 saturated heterocycles. The monoisotopic (exact) mass is 249 g/mol. The lowest BCUT2D eigenvalue weighted by Gasteiger charge is -2.11. The summed E-state index contributed by atoms with van der Waals surface area (Å²) in [5, 5.41) is 3.29. The van der Waals surface area contributed by atoms with Gasteiger partial charge in [-0.2, -0.15) is 0 Å². The standard InChI is InChI=1S/C15H23NO2/c1-5-16-11-13-6-7-14(15(10-13)17-4)18-9-8-12(2)3/h6-8,10,16H,5,9,11H2,1-4H3. The van der Waals surface area contributed by atoms with E-state index in [9.17, 15) is 0 Å². The van der Waals surface area contributed by atoms with Gasteiger partial charge in [-0.1, -0.05) is 18.6 Å². The smallest absolute Gasteiger partial charge is 0.161 e. The first-order valence-corrected chi connectivity index (χ1v) is 6.31. The van der Waals surface area contributed by atoms with E-state index in [0.29, 0.717) is 6.61 Å². The molecule has 1 rings (SSSR count). The van der Waals surface area contributed by atoms with Crippen LogP contribution in [0, 0.1) is 0 Å². The summed E-state index contributed by atoms with van der Waals surface area (Å²) in [7, 11) is 1.67. The molecule has 0 aliphatic carbocycles. The molecule has 1 aromatic carbocycles. The highest BCUT2D eigenvalue weighted by molar-refractivity contribution is 5.43. The van der Waals surface area contributed by atoms with E-state index < -0.39 is 0 Å². The Morgan fingerprint density at radius 3 is 2.67 bits per heavy atom. The third-order valence-electron chi connectivity index (χ3n) is 2.54. The number of methoxy groups -OCH3 is 1. The van der Waals surface area contributed by atoms with Gasteiger partial charge < -0.3 is 14.8 Å². The Labute approximate surface area is 110 Å². The van der Waals surface area contributed by atoms with Crippen LogP contribution < -0.4 is 14.8 Å². The minimum Gasteiger partial charge on any atom is -0.493 e. The highest BCUT2D eigenvalue weighted by Gasteiger charge is 2.04. The number of rotatable bonds is 7. The number of hydrogen-bond donors (Lipinski definition) is 1. The average Bonchev–Trinajstić information content (AvgIpc) is 2.36. The molecule has 0 fully saturated rings. The number of allylic oxidation sites excluding steroid dienone is 1. The van der Waals surface area contributed by atoms with Crippen LogP contribution in [0.5, 0.6) is 11.5 Å². The van der Waals surface area contributed by atoms with Gasteiger partial charge in [0.05, 0.1) is 7.11 Å². The van der Waals surface area contributed by atoms with Crippen molar-refractivity contribution in [1.29, 1.82) is 0 Å². The molecule has 1 aromatic rings. The Balaban J connectivity index is 2.70. The lowest BCUT2D eigenvalue weighted by Crippen LogP contribution is -2.11. The Morgan fingerprint density at radius 2 is 2.06 bits per heavy atom. The van der Waals surface area contributed by atoms with E-state index in [0.717, 1.165) is 24.6 Å². The summed E-state index contributed by atoms with van der Waals surface area (Å²) in [6.45, 7) is 8.59. The predicted octanol–water partition coefficient (Wildman–Crippen LogP) is 3.15. The molecular weight excluding hydrogens is 226 g/mol. The maximum absolute atomic E-state index is 5.68. The third-order valence-corrected chi connectivity index (χ3v) is 2.54. The van der Waals surface area contributed by atoms with Crippen molar-refractivity contribution >= 4 is 0 Å². The number of ether oxygens (including phenoxy) is 2. The van der Waals surface area contributed by atoms with Crippen LogP contribution in [0.25, 0.3) is 0 Å². The van der Waals surface area contributed by atoms with Crippen LogP contribution in [0.2, 0.25) is 0 Å². The zero-order valence-corrected chi connectivity index (χ0v) is 11.7. The molecule has 0 aliphatic heterocycles. The largest absolute Gasteiger partial charge is 0.493 e. The molecular formula is C15H23NO2. The number of nitrogens with one attached hydrogen (secondary N) is 1. The van der Waals surface area contributed by atoms with Crippen molar-refractivity contribution in [2.24, 2.45) is 0 Å².